The van der Waals surface area contributed by atoms with Gasteiger partial charge in [0.25, 0.3) is 0 Å². The third-order valence-electron chi connectivity index (χ3n) is 4.48. The molecule has 0 aromatic carbocycles. The van der Waals surface area contributed by atoms with Gasteiger partial charge in [0, 0.05) is 12.1 Å². The standard InChI is InChI=1S/C13H24N4O2S.ClH/c1-9-6-4-5-7-13(9,8-14)17-20(18,19)12-10(2)15-16-11(12)3;/h9,17H,4-8,14H2,1-3H3,(H,15,16);1H. The Labute approximate surface area is 132 Å². The SMILES string of the molecule is Cc1n[nH]c(C)c1S(=O)(=O)NC1(CN)CCCCC1C.Cl. The zero-order chi connectivity index (χ0) is 15.0. The quantitative estimate of drug-likeness (QED) is 0.777. The molecule has 0 spiro atoms. The maximum absolute atomic E-state index is 12.7. The van der Waals surface area contributed by atoms with Gasteiger partial charge in [0.05, 0.1) is 11.4 Å². The number of sulfonamides is 1. The van der Waals surface area contributed by atoms with Crippen LogP contribution in [0, 0.1) is 19.8 Å². The van der Waals surface area contributed by atoms with E-state index in [0.29, 0.717) is 17.9 Å². The predicted octanol–water partition coefficient (Wildman–Crippen LogP) is 1.63. The minimum Gasteiger partial charge on any atom is -0.329 e. The van der Waals surface area contributed by atoms with Gasteiger partial charge in [0.15, 0.2) is 0 Å². The molecule has 0 aliphatic heterocycles. The van der Waals surface area contributed by atoms with Gasteiger partial charge in [-0.3, -0.25) is 5.10 Å². The number of aromatic amines is 1. The summed E-state index contributed by atoms with van der Waals surface area (Å²) in [5, 5.41) is 6.69. The Hall–Kier alpha value is -0.630. The monoisotopic (exact) mass is 336 g/mol. The molecular weight excluding hydrogens is 312 g/mol. The van der Waals surface area contributed by atoms with Gasteiger partial charge in [0.1, 0.15) is 4.90 Å². The van der Waals surface area contributed by atoms with E-state index in [4.69, 9.17) is 5.73 Å². The molecule has 1 aliphatic carbocycles. The Kier molecular flexibility index (Phi) is 5.83. The van der Waals surface area contributed by atoms with E-state index in [0.717, 1.165) is 25.7 Å². The topological polar surface area (TPSA) is 101 Å². The molecular formula is C13H25ClN4O2S. The van der Waals surface area contributed by atoms with Crippen molar-refractivity contribution in [1.82, 2.24) is 14.9 Å². The Morgan fingerprint density at radius 2 is 2.10 bits per heavy atom. The molecule has 1 heterocycles. The lowest BCUT2D eigenvalue weighted by molar-refractivity contribution is 0.191. The average molecular weight is 337 g/mol. The second kappa shape index (κ2) is 6.64. The van der Waals surface area contributed by atoms with Crippen molar-refractivity contribution >= 4 is 22.4 Å². The van der Waals surface area contributed by atoms with E-state index in [2.05, 4.69) is 21.8 Å². The Morgan fingerprint density at radius 1 is 1.43 bits per heavy atom. The molecule has 6 nitrogen and oxygen atoms in total. The second-order valence-electron chi connectivity index (χ2n) is 5.88. The first-order valence-corrected chi connectivity index (χ1v) is 8.56. The molecule has 2 unspecified atom stereocenters. The Bertz CT molecular complexity index is 567. The van der Waals surface area contributed by atoms with Gasteiger partial charge < -0.3 is 5.73 Å². The van der Waals surface area contributed by atoms with E-state index in [1.54, 1.807) is 13.8 Å². The van der Waals surface area contributed by atoms with E-state index in [1.165, 1.54) is 0 Å². The summed E-state index contributed by atoms with van der Waals surface area (Å²) in [4.78, 5) is 0.253. The van der Waals surface area contributed by atoms with E-state index in [1.807, 2.05) is 0 Å². The summed E-state index contributed by atoms with van der Waals surface area (Å²) in [6.07, 6.45) is 3.94. The molecule has 0 radical (unpaired) electrons. The molecule has 4 N–H and O–H groups in total. The number of hydrogen-bond acceptors (Lipinski definition) is 4. The molecule has 0 saturated heterocycles. The van der Waals surface area contributed by atoms with Crippen LogP contribution in [0.25, 0.3) is 0 Å². The highest BCUT2D eigenvalue weighted by Gasteiger charge is 2.41. The lowest BCUT2D eigenvalue weighted by Crippen LogP contribution is -2.59. The number of H-pyrrole nitrogens is 1. The molecule has 1 fully saturated rings. The van der Waals surface area contributed by atoms with Gasteiger partial charge in [-0.2, -0.15) is 5.10 Å². The second-order valence-corrected chi connectivity index (χ2v) is 7.49. The van der Waals surface area contributed by atoms with Gasteiger partial charge in [-0.1, -0.05) is 19.8 Å². The van der Waals surface area contributed by atoms with Gasteiger partial charge in [-0.25, -0.2) is 13.1 Å². The van der Waals surface area contributed by atoms with Crippen LogP contribution in [0.4, 0.5) is 0 Å². The first kappa shape index (κ1) is 18.4. The van der Waals surface area contributed by atoms with Gasteiger partial charge in [0.2, 0.25) is 10.0 Å². The predicted molar refractivity (Wildman–Crippen MR) is 85.0 cm³/mol. The van der Waals surface area contributed by atoms with E-state index < -0.39 is 15.6 Å². The third kappa shape index (κ3) is 3.41. The maximum atomic E-state index is 12.7. The lowest BCUT2D eigenvalue weighted by atomic mass is 9.74. The van der Waals surface area contributed by atoms with Crippen LogP contribution in [0.3, 0.4) is 0 Å². The molecule has 21 heavy (non-hydrogen) atoms. The minimum absolute atomic E-state index is 0. The fourth-order valence-corrected chi connectivity index (χ4v) is 5.07. The normalized spacial score (nSPS) is 26.4. The highest BCUT2D eigenvalue weighted by atomic mass is 35.5. The van der Waals surface area contributed by atoms with Crippen molar-refractivity contribution in [2.24, 2.45) is 11.7 Å². The highest BCUT2D eigenvalue weighted by molar-refractivity contribution is 7.89. The molecule has 1 aliphatic rings. The van der Waals surface area contributed by atoms with Crippen molar-refractivity contribution in [1.29, 1.82) is 0 Å². The van der Waals surface area contributed by atoms with E-state index in [9.17, 15) is 8.42 Å². The van der Waals surface area contributed by atoms with E-state index >= 15 is 0 Å². The summed E-state index contributed by atoms with van der Waals surface area (Å²) in [6.45, 7) is 5.80. The van der Waals surface area contributed by atoms with Crippen LogP contribution in [0.5, 0.6) is 0 Å². The van der Waals surface area contributed by atoms with Gasteiger partial charge in [-0.15, -0.1) is 12.4 Å². The van der Waals surface area contributed by atoms with Crippen LogP contribution < -0.4 is 10.5 Å². The Balaban J connectivity index is 0.00000220. The highest BCUT2D eigenvalue weighted by Crippen LogP contribution is 2.34. The van der Waals surface area contributed by atoms with E-state index in [-0.39, 0.29) is 23.2 Å². The molecule has 1 aromatic heterocycles. The zero-order valence-electron chi connectivity index (χ0n) is 12.8. The van der Waals surface area contributed by atoms with Crippen LogP contribution in [0.1, 0.15) is 44.0 Å². The lowest BCUT2D eigenvalue weighted by Gasteiger charge is -2.42. The van der Waals surface area contributed by atoms with Crippen molar-refractivity contribution in [2.75, 3.05) is 6.54 Å². The van der Waals surface area contributed by atoms with Crippen molar-refractivity contribution in [3.05, 3.63) is 11.4 Å². The molecule has 1 aromatic rings. The number of nitrogens with one attached hydrogen (secondary N) is 2. The number of halogens is 1. The van der Waals surface area contributed by atoms with Crippen LogP contribution in [0.2, 0.25) is 0 Å². The van der Waals surface area contributed by atoms with Gasteiger partial charge >= 0.3 is 0 Å². The number of hydrogen-bond donors (Lipinski definition) is 3. The number of nitrogens with zero attached hydrogens (tertiary/aromatic N) is 1. The van der Waals surface area contributed by atoms with Crippen LogP contribution >= 0.6 is 12.4 Å². The summed E-state index contributed by atoms with van der Waals surface area (Å²) in [6, 6.07) is 0. The number of nitrogens with two attached hydrogens (primary N) is 1. The fraction of sp³-hybridized carbons (Fsp3) is 0.769. The van der Waals surface area contributed by atoms with Crippen LogP contribution in [0.15, 0.2) is 4.90 Å². The number of aryl methyl sites for hydroxylation is 2. The molecule has 0 bridgehead atoms. The molecule has 1 saturated carbocycles. The summed E-state index contributed by atoms with van der Waals surface area (Å²) in [5.41, 5.74) is 6.43. The molecule has 2 atom stereocenters. The summed E-state index contributed by atoms with van der Waals surface area (Å²) < 4.78 is 28.3. The molecule has 0 amide bonds. The molecule has 2 rings (SSSR count). The van der Waals surface area contributed by atoms with Crippen LogP contribution in [-0.2, 0) is 10.0 Å². The largest absolute Gasteiger partial charge is 0.329 e. The Morgan fingerprint density at radius 3 is 2.57 bits per heavy atom. The van der Waals surface area contributed by atoms with Crippen molar-refractivity contribution in [3.63, 3.8) is 0 Å². The summed E-state index contributed by atoms with van der Waals surface area (Å²) in [7, 11) is -3.61. The third-order valence-corrected chi connectivity index (χ3v) is 6.30. The zero-order valence-corrected chi connectivity index (χ0v) is 14.4. The van der Waals surface area contributed by atoms with Gasteiger partial charge in [-0.05, 0) is 32.6 Å². The van der Waals surface area contributed by atoms with Crippen molar-refractivity contribution in [2.45, 2.75) is 56.9 Å². The first-order chi connectivity index (χ1) is 9.32. The smallest absolute Gasteiger partial charge is 0.244 e. The molecule has 8 heteroatoms. The summed E-state index contributed by atoms with van der Waals surface area (Å²) >= 11 is 0. The van der Waals surface area contributed by atoms with Crippen LogP contribution in [-0.4, -0.2) is 30.7 Å². The van der Waals surface area contributed by atoms with Crippen molar-refractivity contribution < 1.29 is 8.42 Å². The fourth-order valence-electron chi connectivity index (χ4n) is 3.17. The minimum atomic E-state index is -3.61. The molecule has 122 valence electrons. The summed E-state index contributed by atoms with van der Waals surface area (Å²) in [5.74, 6) is 0.239. The first-order valence-electron chi connectivity index (χ1n) is 7.08. The number of rotatable bonds is 4. The van der Waals surface area contributed by atoms with Crippen molar-refractivity contribution in [3.8, 4) is 0 Å². The average Bonchev–Trinajstić information content (AvgIpc) is 2.72. The number of aromatic nitrogens is 2. The maximum Gasteiger partial charge on any atom is 0.244 e.